The van der Waals surface area contributed by atoms with E-state index in [9.17, 15) is 4.79 Å². The molecule has 0 fully saturated rings. The van der Waals surface area contributed by atoms with E-state index >= 15 is 0 Å². The van der Waals surface area contributed by atoms with Gasteiger partial charge in [-0.3, -0.25) is 0 Å². The topological polar surface area (TPSA) is 33.5 Å². The Kier molecular flexibility index (Phi) is 4.75. The number of nitrogens with zero attached hydrogens (tertiary/aromatic N) is 1. The standard InChI is InChI=1S/C22H23NO2/c1-5-17-7-9-18(10-8-17)14-23(6-2)20-13-21-19(11-16(20)4)15(3)12-22(24)25-21/h5,7-13H,1,6,14H2,2-4H3. The molecular formula is C22H23NO2. The van der Waals surface area contributed by atoms with Crippen LogP contribution in [0.4, 0.5) is 5.69 Å². The van der Waals surface area contributed by atoms with E-state index in [2.05, 4.69) is 55.7 Å². The summed E-state index contributed by atoms with van der Waals surface area (Å²) < 4.78 is 5.42. The molecule has 0 aliphatic heterocycles. The molecule has 128 valence electrons. The molecule has 1 aromatic heterocycles. The van der Waals surface area contributed by atoms with Crippen molar-refractivity contribution in [3.63, 3.8) is 0 Å². The summed E-state index contributed by atoms with van der Waals surface area (Å²) in [5.74, 6) is 0. The monoisotopic (exact) mass is 333 g/mol. The zero-order valence-corrected chi connectivity index (χ0v) is 15.0. The second-order valence-electron chi connectivity index (χ2n) is 6.34. The van der Waals surface area contributed by atoms with Gasteiger partial charge >= 0.3 is 5.63 Å². The summed E-state index contributed by atoms with van der Waals surface area (Å²) >= 11 is 0. The third-order valence-corrected chi connectivity index (χ3v) is 4.58. The predicted molar refractivity (Wildman–Crippen MR) is 105 cm³/mol. The van der Waals surface area contributed by atoms with Crippen LogP contribution in [0.2, 0.25) is 0 Å². The Labute approximate surface area is 148 Å². The molecule has 3 rings (SSSR count). The van der Waals surface area contributed by atoms with Crippen molar-refractivity contribution in [3.8, 4) is 0 Å². The van der Waals surface area contributed by atoms with Crippen molar-refractivity contribution >= 4 is 22.7 Å². The Bertz CT molecular complexity index is 968. The second-order valence-corrected chi connectivity index (χ2v) is 6.34. The Morgan fingerprint density at radius 2 is 1.80 bits per heavy atom. The average molecular weight is 333 g/mol. The average Bonchev–Trinajstić information content (AvgIpc) is 2.60. The molecule has 0 unspecified atom stereocenters. The Morgan fingerprint density at radius 1 is 1.08 bits per heavy atom. The highest BCUT2D eigenvalue weighted by Crippen LogP contribution is 2.28. The maximum atomic E-state index is 11.7. The fourth-order valence-electron chi connectivity index (χ4n) is 3.15. The van der Waals surface area contributed by atoms with Gasteiger partial charge in [0.2, 0.25) is 0 Å². The molecule has 0 N–H and O–H groups in total. The Balaban J connectivity index is 2.00. The number of rotatable bonds is 5. The first kappa shape index (κ1) is 17.0. The van der Waals surface area contributed by atoms with Gasteiger partial charge in [-0.05, 0) is 49.1 Å². The minimum absolute atomic E-state index is 0.303. The number of benzene rings is 2. The molecule has 0 radical (unpaired) electrons. The summed E-state index contributed by atoms with van der Waals surface area (Å²) in [6, 6.07) is 14.0. The van der Waals surface area contributed by atoms with E-state index in [0.717, 1.165) is 35.3 Å². The van der Waals surface area contributed by atoms with Crippen molar-refractivity contribution in [2.75, 3.05) is 11.4 Å². The van der Waals surface area contributed by atoms with Gasteiger partial charge in [0.05, 0.1) is 0 Å². The van der Waals surface area contributed by atoms with Crippen LogP contribution in [-0.2, 0) is 6.54 Å². The highest BCUT2D eigenvalue weighted by molar-refractivity contribution is 5.85. The molecule has 0 bridgehead atoms. The van der Waals surface area contributed by atoms with Crippen LogP contribution in [0.3, 0.4) is 0 Å². The summed E-state index contributed by atoms with van der Waals surface area (Å²) in [6.07, 6.45) is 1.85. The van der Waals surface area contributed by atoms with Gasteiger partial charge in [0.15, 0.2) is 0 Å². The number of fused-ring (bicyclic) bond motifs is 1. The Hall–Kier alpha value is -2.81. The molecule has 3 nitrogen and oxygen atoms in total. The van der Waals surface area contributed by atoms with Gasteiger partial charge in [0.25, 0.3) is 0 Å². The van der Waals surface area contributed by atoms with E-state index in [0.29, 0.717) is 5.58 Å². The maximum Gasteiger partial charge on any atom is 0.336 e. The molecule has 0 aliphatic rings. The SMILES string of the molecule is C=Cc1ccc(CN(CC)c2cc3oc(=O)cc(C)c3cc2C)cc1. The Morgan fingerprint density at radius 3 is 2.44 bits per heavy atom. The molecule has 2 aromatic carbocycles. The van der Waals surface area contributed by atoms with Crippen molar-refractivity contribution in [3.05, 3.63) is 81.7 Å². The highest BCUT2D eigenvalue weighted by Gasteiger charge is 2.12. The van der Waals surface area contributed by atoms with Crippen molar-refractivity contribution in [1.82, 2.24) is 0 Å². The van der Waals surface area contributed by atoms with Crippen LogP contribution in [0.5, 0.6) is 0 Å². The number of aryl methyl sites for hydroxylation is 2. The lowest BCUT2D eigenvalue weighted by Crippen LogP contribution is -2.23. The van der Waals surface area contributed by atoms with E-state index in [-0.39, 0.29) is 5.63 Å². The summed E-state index contributed by atoms with van der Waals surface area (Å²) in [4.78, 5) is 14.0. The van der Waals surface area contributed by atoms with E-state index in [4.69, 9.17) is 4.42 Å². The largest absolute Gasteiger partial charge is 0.423 e. The van der Waals surface area contributed by atoms with E-state index in [1.165, 1.54) is 11.1 Å². The zero-order chi connectivity index (χ0) is 18.0. The smallest absolute Gasteiger partial charge is 0.336 e. The third-order valence-electron chi connectivity index (χ3n) is 4.58. The normalized spacial score (nSPS) is 10.8. The molecule has 0 amide bonds. The molecule has 0 aliphatic carbocycles. The molecular weight excluding hydrogens is 310 g/mol. The molecule has 0 saturated heterocycles. The fraction of sp³-hybridized carbons (Fsp3) is 0.227. The van der Waals surface area contributed by atoms with Crippen LogP contribution in [-0.4, -0.2) is 6.54 Å². The molecule has 25 heavy (non-hydrogen) atoms. The van der Waals surface area contributed by atoms with Gasteiger partial charge in [-0.1, -0.05) is 36.9 Å². The van der Waals surface area contributed by atoms with Crippen LogP contribution in [0.25, 0.3) is 17.0 Å². The lowest BCUT2D eigenvalue weighted by atomic mass is 10.1. The molecule has 3 aromatic rings. The lowest BCUT2D eigenvalue weighted by Gasteiger charge is -2.25. The third kappa shape index (κ3) is 3.50. The first-order valence-electron chi connectivity index (χ1n) is 8.53. The zero-order valence-electron chi connectivity index (χ0n) is 15.0. The maximum absolute atomic E-state index is 11.7. The van der Waals surface area contributed by atoms with Crippen LogP contribution < -0.4 is 10.5 Å². The second kappa shape index (κ2) is 6.98. The van der Waals surface area contributed by atoms with Crippen molar-refractivity contribution in [2.45, 2.75) is 27.3 Å². The molecule has 0 atom stereocenters. The lowest BCUT2D eigenvalue weighted by molar-refractivity contribution is 0.559. The van der Waals surface area contributed by atoms with Gasteiger partial charge in [0.1, 0.15) is 5.58 Å². The molecule has 0 saturated carbocycles. The van der Waals surface area contributed by atoms with Crippen LogP contribution >= 0.6 is 0 Å². The molecule has 1 heterocycles. The van der Waals surface area contributed by atoms with Crippen molar-refractivity contribution < 1.29 is 4.42 Å². The molecule has 3 heteroatoms. The quantitative estimate of drug-likeness (QED) is 0.611. The number of hydrogen-bond acceptors (Lipinski definition) is 3. The van der Waals surface area contributed by atoms with Crippen LogP contribution in [0.1, 0.15) is 29.2 Å². The van der Waals surface area contributed by atoms with E-state index in [1.54, 1.807) is 6.07 Å². The molecule has 0 spiro atoms. The summed E-state index contributed by atoms with van der Waals surface area (Å²) in [7, 11) is 0. The van der Waals surface area contributed by atoms with Gasteiger partial charge < -0.3 is 9.32 Å². The predicted octanol–water partition coefficient (Wildman–Crippen LogP) is 5.08. The van der Waals surface area contributed by atoms with E-state index in [1.807, 2.05) is 19.1 Å². The number of anilines is 1. The summed E-state index contributed by atoms with van der Waals surface area (Å²) in [5.41, 5.74) is 5.91. The number of hydrogen-bond donors (Lipinski definition) is 0. The van der Waals surface area contributed by atoms with Gasteiger partial charge in [-0.25, -0.2) is 4.79 Å². The fourth-order valence-corrected chi connectivity index (χ4v) is 3.15. The first-order valence-corrected chi connectivity index (χ1v) is 8.53. The van der Waals surface area contributed by atoms with Crippen LogP contribution in [0, 0.1) is 13.8 Å². The van der Waals surface area contributed by atoms with Gasteiger partial charge in [-0.2, -0.15) is 0 Å². The summed E-state index contributed by atoms with van der Waals surface area (Å²) in [6.45, 7) is 11.6. The minimum Gasteiger partial charge on any atom is -0.423 e. The van der Waals surface area contributed by atoms with Crippen molar-refractivity contribution in [2.24, 2.45) is 0 Å². The van der Waals surface area contributed by atoms with Crippen molar-refractivity contribution in [1.29, 1.82) is 0 Å². The van der Waals surface area contributed by atoms with E-state index < -0.39 is 0 Å². The van der Waals surface area contributed by atoms with Gasteiger partial charge in [0, 0.05) is 36.3 Å². The summed E-state index contributed by atoms with van der Waals surface area (Å²) in [5, 5.41) is 0.993. The minimum atomic E-state index is -0.303. The first-order chi connectivity index (χ1) is 12.0. The van der Waals surface area contributed by atoms with Gasteiger partial charge in [-0.15, -0.1) is 0 Å². The highest BCUT2D eigenvalue weighted by atomic mass is 16.4. The van der Waals surface area contributed by atoms with Crippen LogP contribution in [0.15, 0.2) is 58.3 Å².